The van der Waals surface area contributed by atoms with Crippen LogP contribution in [0, 0.1) is 5.92 Å². The number of halogens is 4. The van der Waals surface area contributed by atoms with Crippen LogP contribution < -0.4 is 0 Å². The highest BCUT2D eigenvalue weighted by atomic mass is 79.9. The molecule has 0 spiro atoms. The van der Waals surface area contributed by atoms with Crippen LogP contribution in [0.2, 0.25) is 0 Å². The predicted octanol–water partition coefficient (Wildman–Crippen LogP) is 4.58. The summed E-state index contributed by atoms with van der Waals surface area (Å²) in [6, 6.07) is 6.97. The first-order chi connectivity index (χ1) is 6.93. The van der Waals surface area contributed by atoms with Gasteiger partial charge in [0.15, 0.2) is 0 Å². The lowest BCUT2D eigenvalue weighted by Crippen LogP contribution is -2.24. The highest BCUT2D eigenvalue weighted by molar-refractivity contribution is 9.10. The fraction of sp³-hybridized carbons (Fsp3) is 0.455. The summed E-state index contributed by atoms with van der Waals surface area (Å²) in [5, 5.41) is 0. The molecule has 0 heterocycles. The van der Waals surface area contributed by atoms with Gasteiger partial charge in [0.25, 0.3) is 0 Å². The molecule has 0 bridgehead atoms. The normalized spacial score (nSPS) is 13.9. The monoisotopic (exact) mass is 280 g/mol. The molecule has 0 unspecified atom stereocenters. The molecule has 1 rings (SSSR count). The minimum atomic E-state index is -4.10. The molecule has 0 aliphatic rings. The SMILES string of the molecule is CC[C@@H](Cc1ccc(Br)cc1)C(F)(F)F. The van der Waals surface area contributed by atoms with Crippen molar-refractivity contribution in [1.82, 2.24) is 0 Å². The van der Waals surface area contributed by atoms with E-state index in [1.807, 2.05) is 0 Å². The first-order valence-electron chi connectivity index (χ1n) is 4.74. The highest BCUT2D eigenvalue weighted by Crippen LogP contribution is 2.31. The second-order valence-electron chi connectivity index (χ2n) is 3.48. The van der Waals surface area contributed by atoms with Crippen LogP contribution in [0.25, 0.3) is 0 Å². The molecule has 0 aliphatic carbocycles. The van der Waals surface area contributed by atoms with Crippen LogP contribution in [-0.2, 0) is 6.42 Å². The van der Waals surface area contributed by atoms with Crippen molar-refractivity contribution in [2.24, 2.45) is 5.92 Å². The summed E-state index contributed by atoms with van der Waals surface area (Å²) in [5.41, 5.74) is 0.724. The smallest absolute Gasteiger partial charge is 0.171 e. The maximum absolute atomic E-state index is 12.5. The minimum absolute atomic E-state index is 0.0628. The van der Waals surface area contributed by atoms with E-state index in [4.69, 9.17) is 0 Å². The van der Waals surface area contributed by atoms with Gasteiger partial charge >= 0.3 is 6.18 Å². The summed E-state index contributed by atoms with van der Waals surface area (Å²) in [7, 11) is 0. The zero-order chi connectivity index (χ0) is 11.5. The molecular formula is C11H12BrF3. The maximum atomic E-state index is 12.5. The summed E-state index contributed by atoms with van der Waals surface area (Å²) in [6.45, 7) is 1.57. The van der Waals surface area contributed by atoms with Gasteiger partial charge in [-0.3, -0.25) is 0 Å². The maximum Gasteiger partial charge on any atom is 0.392 e. The average Bonchev–Trinajstić information content (AvgIpc) is 2.15. The number of alkyl halides is 3. The molecule has 1 atom stereocenters. The molecule has 0 aliphatic heterocycles. The van der Waals surface area contributed by atoms with Crippen molar-refractivity contribution in [3.63, 3.8) is 0 Å². The quantitative estimate of drug-likeness (QED) is 0.760. The van der Waals surface area contributed by atoms with Crippen molar-refractivity contribution in [2.75, 3.05) is 0 Å². The van der Waals surface area contributed by atoms with E-state index in [9.17, 15) is 13.2 Å². The van der Waals surface area contributed by atoms with Gasteiger partial charge in [0, 0.05) is 4.47 Å². The van der Waals surface area contributed by atoms with Crippen LogP contribution in [0.3, 0.4) is 0 Å². The van der Waals surface area contributed by atoms with Gasteiger partial charge < -0.3 is 0 Å². The van der Waals surface area contributed by atoms with Crippen molar-refractivity contribution in [3.8, 4) is 0 Å². The Kier molecular flexibility index (Phi) is 4.20. The molecule has 84 valence electrons. The van der Waals surface area contributed by atoms with Gasteiger partial charge in [0.05, 0.1) is 5.92 Å². The van der Waals surface area contributed by atoms with Crippen molar-refractivity contribution in [3.05, 3.63) is 34.3 Å². The zero-order valence-corrected chi connectivity index (χ0v) is 9.90. The lowest BCUT2D eigenvalue weighted by atomic mass is 9.96. The van der Waals surface area contributed by atoms with Crippen LogP contribution in [0.1, 0.15) is 18.9 Å². The molecule has 0 amide bonds. The third-order valence-corrected chi connectivity index (χ3v) is 2.88. The highest BCUT2D eigenvalue weighted by Gasteiger charge is 2.37. The topological polar surface area (TPSA) is 0 Å². The Bertz CT molecular complexity index is 303. The second kappa shape index (κ2) is 5.01. The van der Waals surface area contributed by atoms with Crippen molar-refractivity contribution >= 4 is 15.9 Å². The van der Waals surface area contributed by atoms with E-state index in [2.05, 4.69) is 15.9 Å². The largest absolute Gasteiger partial charge is 0.392 e. The Hall–Kier alpha value is -0.510. The third-order valence-electron chi connectivity index (χ3n) is 2.35. The molecular weight excluding hydrogens is 269 g/mol. The Morgan fingerprint density at radius 3 is 2.13 bits per heavy atom. The summed E-state index contributed by atoms with van der Waals surface area (Å²) < 4.78 is 38.3. The van der Waals surface area contributed by atoms with E-state index >= 15 is 0 Å². The van der Waals surface area contributed by atoms with Crippen LogP contribution in [0.5, 0.6) is 0 Å². The van der Waals surface area contributed by atoms with E-state index in [0.717, 1.165) is 10.0 Å². The summed E-state index contributed by atoms with van der Waals surface area (Å²) >= 11 is 3.25. The first-order valence-corrected chi connectivity index (χ1v) is 5.54. The summed E-state index contributed by atoms with van der Waals surface area (Å²) in [6.07, 6.45) is -3.91. The molecule has 0 N–H and O–H groups in total. The summed E-state index contributed by atoms with van der Waals surface area (Å²) in [4.78, 5) is 0. The van der Waals surface area contributed by atoms with Crippen LogP contribution in [-0.4, -0.2) is 6.18 Å². The van der Waals surface area contributed by atoms with E-state index in [0.29, 0.717) is 0 Å². The fourth-order valence-corrected chi connectivity index (χ4v) is 1.66. The molecule has 1 aromatic rings. The van der Waals surface area contributed by atoms with E-state index in [-0.39, 0.29) is 12.8 Å². The van der Waals surface area contributed by atoms with Crippen molar-refractivity contribution in [1.29, 1.82) is 0 Å². The van der Waals surface area contributed by atoms with Crippen LogP contribution >= 0.6 is 15.9 Å². The molecule has 0 saturated carbocycles. The standard InChI is InChI=1S/C11H12BrF3/c1-2-9(11(13,14)15)7-8-3-5-10(12)6-4-8/h3-6,9H,2,7H2,1H3/t9-/m0/s1. The van der Waals surface area contributed by atoms with Gasteiger partial charge in [-0.15, -0.1) is 0 Å². The van der Waals surface area contributed by atoms with Gasteiger partial charge in [-0.2, -0.15) is 13.2 Å². The molecule has 0 radical (unpaired) electrons. The van der Waals surface area contributed by atoms with Crippen molar-refractivity contribution < 1.29 is 13.2 Å². The molecule has 0 fully saturated rings. The molecule has 4 heteroatoms. The molecule has 0 nitrogen and oxygen atoms in total. The van der Waals surface area contributed by atoms with E-state index in [1.54, 1.807) is 31.2 Å². The molecule has 0 saturated heterocycles. The molecule has 15 heavy (non-hydrogen) atoms. The lowest BCUT2D eigenvalue weighted by molar-refractivity contribution is -0.174. The Labute approximate surface area is 95.6 Å². The van der Waals surface area contributed by atoms with E-state index in [1.165, 1.54) is 0 Å². The van der Waals surface area contributed by atoms with Crippen LogP contribution in [0.15, 0.2) is 28.7 Å². The van der Waals surface area contributed by atoms with Gasteiger partial charge in [-0.1, -0.05) is 35.0 Å². The average molecular weight is 281 g/mol. The number of hydrogen-bond acceptors (Lipinski definition) is 0. The van der Waals surface area contributed by atoms with Crippen molar-refractivity contribution in [2.45, 2.75) is 25.9 Å². The first kappa shape index (κ1) is 12.6. The van der Waals surface area contributed by atoms with Crippen LogP contribution in [0.4, 0.5) is 13.2 Å². The molecule has 0 aromatic heterocycles. The third kappa shape index (κ3) is 3.86. The molecule has 1 aromatic carbocycles. The fourth-order valence-electron chi connectivity index (χ4n) is 1.40. The summed E-state index contributed by atoms with van der Waals surface area (Å²) in [5.74, 6) is -1.24. The Morgan fingerprint density at radius 2 is 1.73 bits per heavy atom. The number of benzene rings is 1. The van der Waals surface area contributed by atoms with Gasteiger partial charge in [0.1, 0.15) is 0 Å². The van der Waals surface area contributed by atoms with E-state index < -0.39 is 12.1 Å². The van der Waals surface area contributed by atoms with Gasteiger partial charge in [-0.05, 0) is 30.5 Å². The predicted molar refractivity (Wildman–Crippen MR) is 57.7 cm³/mol. The zero-order valence-electron chi connectivity index (χ0n) is 8.31. The van der Waals surface area contributed by atoms with Gasteiger partial charge in [0.2, 0.25) is 0 Å². The Balaban J connectivity index is 2.71. The van der Waals surface area contributed by atoms with Gasteiger partial charge in [-0.25, -0.2) is 0 Å². The number of rotatable bonds is 3. The lowest BCUT2D eigenvalue weighted by Gasteiger charge is -2.18. The minimum Gasteiger partial charge on any atom is -0.171 e. The number of hydrogen-bond donors (Lipinski definition) is 0. The Morgan fingerprint density at radius 1 is 1.20 bits per heavy atom. The second-order valence-corrected chi connectivity index (χ2v) is 4.39.